The number of oxime groups is 1. The van der Waals surface area contributed by atoms with E-state index < -0.39 is 5.97 Å². The van der Waals surface area contributed by atoms with Gasteiger partial charge in [-0.05, 0) is 67.4 Å². The minimum absolute atomic E-state index is 0.0588. The average Bonchev–Trinajstić information content (AvgIpc) is 3.03. The molecule has 0 saturated carbocycles. The standard InChI is InChI=1S/C34H33N3O6/c1-4-41-32(38)23-43-35-21-22-42-31-12-8-7-11-30(31)37(3)34(40)26-17-19-27(20-18-26)36-33(39)29-10-6-5-9-28(29)25-15-13-24(2)14-16-25/h5-21H,4,22-23H2,1-3H3,(H,36,39). The van der Waals surface area contributed by atoms with Gasteiger partial charge in [-0.2, -0.15) is 0 Å². The number of carbonyl (C=O) groups excluding carboxylic acids is 3. The van der Waals surface area contributed by atoms with Gasteiger partial charge in [-0.25, -0.2) is 4.79 Å². The topological polar surface area (TPSA) is 107 Å². The second-order valence-corrected chi connectivity index (χ2v) is 9.45. The van der Waals surface area contributed by atoms with Gasteiger partial charge in [-0.15, -0.1) is 0 Å². The highest BCUT2D eigenvalue weighted by Gasteiger charge is 2.18. The zero-order valence-corrected chi connectivity index (χ0v) is 24.3. The highest BCUT2D eigenvalue weighted by molar-refractivity contribution is 6.09. The molecule has 0 atom stereocenters. The maximum atomic E-state index is 13.3. The maximum absolute atomic E-state index is 13.3. The number of benzene rings is 4. The Kier molecular flexibility index (Phi) is 10.6. The largest absolute Gasteiger partial charge is 0.486 e. The molecule has 43 heavy (non-hydrogen) atoms. The molecule has 0 fully saturated rings. The van der Waals surface area contributed by atoms with E-state index in [2.05, 4.69) is 10.5 Å². The summed E-state index contributed by atoms with van der Waals surface area (Å²) in [6, 6.07) is 29.3. The van der Waals surface area contributed by atoms with Crippen molar-refractivity contribution < 1.29 is 28.7 Å². The quantitative estimate of drug-likeness (QED) is 0.123. The summed E-state index contributed by atoms with van der Waals surface area (Å²) in [7, 11) is 1.65. The predicted molar refractivity (Wildman–Crippen MR) is 167 cm³/mol. The van der Waals surface area contributed by atoms with Crippen molar-refractivity contribution in [1.29, 1.82) is 0 Å². The van der Waals surface area contributed by atoms with Gasteiger partial charge in [0, 0.05) is 23.9 Å². The molecule has 9 nitrogen and oxygen atoms in total. The number of nitrogens with zero attached hydrogens (tertiary/aromatic N) is 2. The number of esters is 1. The molecular weight excluding hydrogens is 546 g/mol. The Morgan fingerprint density at radius 2 is 1.58 bits per heavy atom. The molecule has 2 amide bonds. The molecule has 0 aliphatic carbocycles. The Morgan fingerprint density at radius 3 is 2.33 bits per heavy atom. The molecule has 4 aromatic carbocycles. The summed E-state index contributed by atoms with van der Waals surface area (Å²) in [6.45, 7) is 3.76. The Hall–Kier alpha value is -5.44. The highest BCUT2D eigenvalue weighted by Crippen LogP contribution is 2.29. The number of hydrogen-bond acceptors (Lipinski definition) is 7. The van der Waals surface area contributed by atoms with Crippen LogP contribution in [0.4, 0.5) is 11.4 Å². The molecule has 0 radical (unpaired) electrons. The molecule has 0 heterocycles. The van der Waals surface area contributed by atoms with E-state index in [4.69, 9.17) is 14.3 Å². The van der Waals surface area contributed by atoms with E-state index in [-0.39, 0.29) is 31.6 Å². The molecule has 9 heteroatoms. The third-order valence-electron chi connectivity index (χ3n) is 6.41. The van der Waals surface area contributed by atoms with Crippen LogP contribution in [0, 0.1) is 6.92 Å². The Bertz CT molecular complexity index is 1580. The molecule has 0 aliphatic rings. The van der Waals surface area contributed by atoms with Crippen molar-refractivity contribution in [3.8, 4) is 16.9 Å². The van der Waals surface area contributed by atoms with Gasteiger partial charge in [0.2, 0.25) is 6.61 Å². The molecular formula is C34H33N3O6. The van der Waals surface area contributed by atoms with E-state index in [0.29, 0.717) is 28.3 Å². The molecule has 0 spiro atoms. The molecule has 0 unspecified atom stereocenters. The lowest BCUT2D eigenvalue weighted by Gasteiger charge is -2.20. The van der Waals surface area contributed by atoms with E-state index in [0.717, 1.165) is 16.7 Å². The summed E-state index contributed by atoms with van der Waals surface area (Å²) in [6.07, 6.45) is 1.37. The maximum Gasteiger partial charge on any atom is 0.347 e. The monoisotopic (exact) mass is 579 g/mol. The lowest BCUT2D eigenvalue weighted by Crippen LogP contribution is -2.26. The van der Waals surface area contributed by atoms with Gasteiger partial charge >= 0.3 is 5.97 Å². The van der Waals surface area contributed by atoms with Crippen molar-refractivity contribution >= 4 is 35.4 Å². The fraction of sp³-hybridized carbons (Fsp3) is 0.176. The van der Waals surface area contributed by atoms with E-state index in [1.165, 1.54) is 11.1 Å². The number of para-hydroxylation sites is 2. The normalized spacial score (nSPS) is 10.7. The summed E-state index contributed by atoms with van der Waals surface area (Å²) in [4.78, 5) is 44.1. The van der Waals surface area contributed by atoms with Crippen molar-refractivity contribution in [3.05, 3.63) is 114 Å². The number of aryl methyl sites for hydroxylation is 1. The predicted octanol–water partition coefficient (Wildman–Crippen LogP) is 6.14. The Balaban J connectivity index is 1.38. The second kappa shape index (κ2) is 15.0. The summed E-state index contributed by atoms with van der Waals surface area (Å²) < 4.78 is 10.5. The van der Waals surface area contributed by atoms with Crippen LogP contribution < -0.4 is 15.0 Å². The molecule has 0 aliphatic heterocycles. The highest BCUT2D eigenvalue weighted by atomic mass is 16.7. The zero-order chi connectivity index (χ0) is 30.6. The molecule has 220 valence electrons. The molecule has 4 rings (SSSR count). The van der Waals surface area contributed by atoms with E-state index >= 15 is 0 Å². The van der Waals surface area contributed by atoms with Crippen LogP contribution in [0.3, 0.4) is 0 Å². The number of anilines is 2. The first-order valence-electron chi connectivity index (χ1n) is 13.7. The van der Waals surface area contributed by atoms with Crippen LogP contribution >= 0.6 is 0 Å². The number of amides is 2. The summed E-state index contributed by atoms with van der Waals surface area (Å²) in [5.41, 5.74) is 5.05. The minimum Gasteiger partial charge on any atom is -0.486 e. The van der Waals surface area contributed by atoms with Crippen LogP contribution in [0.2, 0.25) is 0 Å². The lowest BCUT2D eigenvalue weighted by molar-refractivity contribution is -0.148. The SMILES string of the molecule is CCOC(=O)CON=CCOc1ccccc1N(C)C(=O)c1ccc(NC(=O)c2ccccc2-c2ccc(C)cc2)cc1. The van der Waals surface area contributed by atoms with Gasteiger partial charge in [-0.3, -0.25) is 9.59 Å². The van der Waals surface area contributed by atoms with E-state index in [1.54, 1.807) is 68.6 Å². The fourth-order valence-electron chi connectivity index (χ4n) is 4.22. The van der Waals surface area contributed by atoms with Crippen LogP contribution in [-0.2, 0) is 14.4 Å². The first-order valence-corrected chi connectivity index (χ1v) is 13.7. The third-order valence-corrected chi connectivity index (χ3v) is 6.41. The second-order valence-electron chi connectivity index (χ2n) is 9.45. The number of ether oxygens (including phenoxy) is 2. The average molecular weight is 580 g/mol. The molecule has 1 N–H and O–H groups in total. The van der Waals surface area contributed by atoms with Crippen molar-refractivity contribution in [3.63, 3.8) is 0 Å². The van der Waals surface area contributed by atoms with Crippen molar-refractivity contribution in [1.82, 2.24) is 0 Å². The van der Waals surface area contributed by atoms with Gasteiger partial charge in [0.1, 0.15) is 12.4 Å². The molecule has 4 aromatic rings. The molecule has 0 saturated heterocycles. The Labute approximate surface area is 250 Å². The van der Waals surface area contributed by atoms with Crippen LogP contribution in [0.25, 0.3) is 11.1 Å². The Morgan fingerprint density at radius 1 is 0.884 bits per heavy atom. The molecule has 0 bridgehead atoms. The third kappa shape index (κ3) is 8.29. The van der Waals surface area contributed by atoms with E-state index in [1.807, 2.05) is 49.4 Å². The van der Waals surface area contributed by atoms with Gasteiger partial charge in [0.15, 0.2) is 0 Å². The fourth-order valence-corrected chi connectivity index (χ4v) is 4.22. The lowest BCUT2D eigenvalue weighted by atomic mass is 9.98. The van der Waals surface area contributed by atoms with Gasteiger partial charge in [0.05, 0.1) is 18.5 Å². The number of rotatable bonds is 12. The number of nitrogens with one attached hydrogen (secondary N) is 1. The van der Waals surface area contributed by atoms with Gasteiger partial charge in [-0.1, -0.05) is 65.3 Å². The van der Waals surface area contributed by atoms with Gasteiger partial charge in [0.25, 0.3) is 11.8 Å². The smallest absolute Gasteiger partial charge is 0.347 e. The first-order chi connectivity index (χ1) is 20.9. The zero-order valence-electron chi connectivity index (χ0n) is 24.3. The van der Waals surface area contributed by atoms with Crippen molar-refractivity contribution in [2.75, 3.05) is 37.1 Å². The number of hydrogen-bond donors (Lipinski definition) is 1. The first kappa shape index (κ1) is 30.5. The van der Waals surface area contributed by atoms with Crippen LogP contribution in [0.5, 0.6) is 5.75 Å². The summed E-state index contributed by atoms with van der Waals surface area (Å²) >= 11 is 0. The molecule has 0 aromatic heterocycles. The van der Waals surface area contributed by atoms with Crippen molar-refractivity contribution in [2.24, 2.45) is 5.16 Å². The van der Waals surface area contributed by atoms with Gasteiger partial charge < -0.3 is 24.5 Å². The van der Waals surface area contributed by atoms with Crippen LogP contribution in [-0.4, -0.2) is 50.9 Å². The minimum atomic E-state index is -0.509. The van der Waals surface area contributed by atoms with Crippen molar-refractivity contribution in [2.45, 2.75) is 13.8 Å². The summed E-state index contributed by atoms with van der Waals surface area (Å²) in [5, 5.41) is 6.61. The number of carbonyl (C=O) groups is 3. The van der Waals surface area contributed by atoms with E-state index in [9.17, 15) is 14.4 Å². The van der Waals surface area contributed by atoms with Crippen LogP contribution in [0.15, 0.2) is 102 Å². The van der Waals surface area contributed by atoms with Crippen LogP contribution in [0.1, 0.15) is 33.2 Å². The summed E-state index contributed by atoms with van der Waals surface area (Å²) in [5.74, 6) is -0.547.